The minimum atomic E-state index is -0.554. The molecule has 0 radical (unpaired) electrons. The fraction of sp³-hybridized carbons (Fsp3) is 0. The van der Waals surface area contributed by atoms with Crippen LogP contribution in [0.25, 0.3) is 0 Å². The zero-order valence-electron chi connectivity index (χ0n) is 10.7. The predicted octanol–water partition coefficient (Wildman–Crippen LogP) is 3.12. The van der Waals surface area contributed by atoms with E-state index in [1.807, 2.05) is 24.3 Å². The lowest BCUT2D eigenvalue weighted by atomic mass is 10.2. The average Bonchev–Trinajstić information content (AvgIpc) is 2.49. The van der Waals surface area contributed by atoms with Gasteiger partial charge >= 0.3 is 0 Å². The second kappa shape index (κ2) is 6.76. The van der Waals surface area contributed by atoms with Crippen molar-refractivity contribution in [3.8, 4) is 0 Å². The van der Waals surface area contributed by atoms with Crippen molar-refractivity contribution in [1.82, 2.24) is 5.43 Å². The molecule has 1 amide bonds. The van der Waals surface area contributed by atoms with Crippen LogP contribution in [0.1, 0.15) is 15.9 Å². The molecule has 106 valence electrons. The zero-order chi connectivity index (χ0) is 15.2. The van der Waals surface area contributed by atoms with Crippen molar-refractivity contribution in [2.45, 2.75) is 0 Å². The van der Waals surface area contributed by atoms with E-state index in [-0.39, 0.29) is 11.3 Å². The van der Waals surface area contributed by atoms with Crippen molar-refractivity contribution in [2.24, 2.45) is 5.10 Å². The van der Waals surface area contributed by atoms with Crippen molar-refractivity contribution in [3.05, 3.63) is 74.2 Å². The first kappa shape index (κ1) is 14.9. The Morgan fingerprint density at radius 2 is 2.00 bits per heavy atom. The summed E-state index contributed by atoms with van der Waals surface area (Å²) in [7, 11) is 0. The van der Waals surface area contributed by atoms with Gasteiger partial charge in [-0.1, -0.05) is 40.2 Å². The number of carbonyl (C=O) groups excluding carboxylic acids is 1. The number of hydrazone groups is 1. The van der Waals surface area contributed by atoms with E-state index < -0.39 is 10.8 Å². The summed E-state index contributed by atoms with van der Waals surface area (Å²) in [5, 5.41) is 14.5. The van der Waals surface area contributed by atoms with Gasteiger partial charge in [0.15, 0.2) is 0 Å². The number of amides is 1. The Balaban J connectivity index is 2.07. The molecule has 0 aliphatic carbocycles. The maximum absolute atomic E-state index is 11.8. The molecule has 0 aliphatic rings. The Hall–Kier alpha value is -2.54. The molecule has 2 aromatic rings. The van der Waals surface area contributed by atoms with E-state index in [2.05, 4.69) is 26.5 Å². The normalized spacial score (nSPS) is 10.5. The van der Waals surface area contributed by atoms with Crippen LogP contribution in [0.5, 0.6) is 0 Å². The maximum Gasteiger partial charge on any atom is 0.271 e. The van der Waals surface area contributed by atoms with Crippen LogP contribution in [0.2, 0.25) is 0 Å². The summed E-state index contributed by atoms with van der Waals surface area (Å²) < 4.78 is 0.846. The summed E-state index contributed by atoms with van der Waals surface area (Å²) in [5.41, 5.74) is 3.16. The molecule has 21 heavy (non-hydrogen) atoms. The summed E-state index contributed by atoms with van der Waals surface area (Å²) in [6, 6.07) is 12.8. The minimum absolute atomic E-state index is 0.141. The summed E-state index contributed by atoms with van der Waals surface area (Å²) >= 11 is 3.35. The molecule has 0 fully saturated rings. The number of hydrogen-bond acceptors (Lipinski definition) is 4. The van der Waals surface area contributed by atoms with Gasteiger partial charge in [0.05, 0.1) is 11.1 Å². The Bertz CT molecular complexity index is 716. The second-order valence-corrected chi connectivity index (χ2v) is 4.88. The van der Waals surface area contributed by atoms with Crippen molar-refractivity contribution >= 4 is 33.7 Å². The maximum atomic E-state index is 11.8. The van der Waals surface area contributed by atoms with Gasteiger partial charge < -0.3 is 0 Å². The SMILES string of the molecule is O=C(N/N=C/c1ccccc1Br)c1cccc([N+](=O)[O-])c1. The molecule has 0 bridgehead atoms. The minimum Gasteiger partial charge on any atom is -0.267 e. The van der Waals surface area contributed by atoms with Crippen molar-refractivity contribution in [2.75, 3.05) is 0 Å². The number of hydrogen-bond donors (Lipinski definition) is 1. The fourth-order valence-corrected chi connectivity index (χ4v) is 1.95. The smallest absolute Gasteiger partial charge is 0.267 e. The summed E-state index contributed by atoms with van der Waals surface area (Å²) in [6.45, 7) is 0. The number of benzene rings is 2. The van der Waals surface area contributed by atoms with E-state index >= 15 is 0 Å². The van der Waals surface area contributed by atoms with Crippen LogP contribution in [-0.4, -0.2) is 17.0 Å². The highest BCUT2D eigenvalue weighted by molar-refractivity contribution is 9.10. The lowest BCUT2D eigenvalue weighted by Crippen LogP contribution is -2.17. The van der Waals surface area contributed by atoms with Gasteiger partial charge in [-0.05, 0) is 12.1 Å². The number of nitro benzene ring substituents is 1. The molecule has 0 saturated carbocycles. The quantitative estimate of drug-likeness (QED) is 0.523. The van der Waals surface area contributed by atoms with Crippen LogP contribution >= 0.6 is 15.9 Å². The highest BCUT2D eigenvalue weighted by atomic mass is 79.9. The Morgan fingerprint density at radius 1 is 1.24 bits per heavy atom. The lowest BCUT2D eigenvalue weighted by Gasteiger charge is -2.00. The first-order valence-corrected chi connectivity index (χ1v) is 6.69. The van der Waals surface area contributed by atoms with Gasteiger partial charge in [-0.15, -0.1) is 0 Å². The van der Waals surface area contributed by atoms with Crippen LogP contribution < -0.4 is 5.43 Å². The van der Waals surface area contributed by atoms with E-state index in [1.165, 1.54) is 30.5 Å². The number of non-ortho nitro benzene ring substituents is 1. The fourth-order valence-electron chi connectivity index (χ4n) is 1.57. The van der Waals surface area contributed by atoms with Gasteiger partial charge in [-0.3, -0.25) is 14.9 Å². The monoisotopic (exact) mass is 347 g/mol. The van der Waals surface area contributed by atoms with Crippen LogP contribution in [0, 0.1) is 10.1 Å². The first-order chi connectivity index (χ1) is 10.1. The van der Waals surface area contributed by atoms with Gasteiger partial charge in [-0.2, -0.15) is 5.10 Å². The molecule has 2 rings (SSSR count). The van der Waals surface area contributed by atoms with Crippen molar-refractivity contribution < 1.29 is 9.72 Å². The first-order valence-electron chi connectivity index (χ1n) is 5.90. The number of rotatable bonds is 4. The molecule has 0 heterocycles. The molecule has 1 N–H and O–H groups in total. The summed E-state index contributed by atoms with van der Waals surface area (Å²) in [5.74, 6) is -0.512. The molecule has 0 aliphatic heterocycles. The average molecular weight is 348 g/mol. The molecule has 2 aromatic carbocycles. The van der Waals surface area contributed by atoms with E-state index in [1.54, 1.807) is 0 Å². The van der Waals surface area contributed by atoms with E-state index in [0.29, 0.717) is 0 Å². The second-order valence-electron chi connectivity index (χ2n) is 4.03. The van der Waals surface area contributed by atoms with Crippen molar-refractivity contribution in [1.29, 1.82) is 0 Å². The predicted molar refractivity (Wildman–Crippen MR) is 82.3 cm³/mol. The zero-order valence-corrected chi connectivity index (χ0v) is 12.3. The van der Waals surface area contributed by atoms with E-state index in [9.17, 15) is 14.9 Å². The molecule has 7 heteroatoms. The van der Waals surface area contributed by atoms with Gasteiger partial charge in [0.2, 0.25) is 0 Å². The van der Waals surface area contributed by atoms with Crippen LogP contribution in [-0.2, 0) is 0 Å². The van der Waals surface area contributed by atoms with Crippen LogP contribution in [0.4, 0.5) is 5.69 Å². The summed E-state index contributed by atoms with van der Waals surface area (Å²) in [6.07, 6.45) is 1.49. The standard InChI is InChI=1S/C14H10BrN3O3/c15-13-7-2-1-4-11(13)9-16-17-14(19)10-5-3-6-12(8-10)18(20)21/h1-9H,(H,17,19)/b16-9+. The third-order valence-corrected chi connectivity index (χ3v) is 3.32. The Kier molecular flexibility index (Phi) is 4.78. The number of nitro groups is 1. The van der Waals surface area contributed by atoms with Crippen molar-refractivity contribution in [3.63, 3.8) is 0 Å². The number of carbonyl (C=O) groups is 1. The van der Waals surface area contributed by atoms with E-state index in [0.717, 1.165) is 10.0 Å². The third kappa shape index (κ3) is 3.96. The molecule has 0 spiro atoms. The van der Waals surface area contributed by atoms with Crippen LogP contribution in [0.15, 0.2) is 58.1 Å². The Morgan fingerprint density at radius 3 is 2.71 bits per heavy atom. The van der Waals surface area contributed by atoms with E-state index in [4.69, 9.17) is 0 Å². The molecule has 0 aromatic heterocycles. The van der Waals surface area contributed by atoms with Gasteiger partial charge in [0, 0.05) is 27.7 Å². The molecular weight excluding hydrogens is 338 g/mol. The largest absolute Gasteiger partial charge is 0.271 e. The molecule has 0 unspecified atom stereocenters. The number of nitrogens with one attached hydrogen (secondary N) is 1. The number of nitrogens with zero attached hydrogens (tertiary/aromatic N) is 2. The molecule has 0 saturated heterocycles. The highest BCUT2D eigenvalue weighted by Crippen LogP contribution is 2.14. The Labute approximate surface area is 128 Å². The van der Waals surface area contributed by atoms with Gasteiger partial charge in [-0.25, -0.2) is 5.43 Å². The van der Waals surface area contributed by atoms with Crippen LogP contribution in [0.3, 0.4) is 0 Å². The molecule has 6 nitrogen and oxygen atoms in total. The van der Waals surface area contributed by atoms with Gasteiger partial charge in [0.1, 0.15) is 0 Å². The third-order valence-electron chi connectivity index (χ3n) is 2.59. The lowest BCUT2D eigenvalue weighted by molar-refractivity contribution is -0.384. The number of halogens is 1. The topological polar surface area (TPSA) is 84.6 Å². The molecular formula is C14H10BrN3O3. The highest BCUT2D eigenvalue weighted by Gasteiger charge is 2.10. The van der Waals surface area contributed by atoms with Gasteiger partial charge in [0.25, 0.3) is 11.6 Å². The molecule has 0 atom stereocenters. The summed E-state index contributed by atoms with van der Waals surface area (Å²) in [4.78, 5) is 21.9.